The molecule has 2 aliphatic rings. The predicted octanol–water partition coefficient (Wildman–Crippen LogP) is -0.368. The number of nitrogens with zero attached hydrogens (tertiary/aromatic N) is 1. The average Bonchev–Trinajstić information content (AvgIpc) is 2.45. The zero-order valence-electron chi connectivity index (χ0n) is 8.36. The Morgan fingerprint density at radius 1 is 1.40 bits per heavy atom. The highest BCUT2D eigenvalue weighted by Crippen LogP contribution is 2.19. The van der Waals surface area contributed by atoms with Crippen LogP contribution in [-0.4, -0.2) is 41.5 Å². The first-order valence-corrected chi connectivity index (χ1v) is 4.89. The first-order chi connectivity index (χ1) is 7.08. The molecule has 6 nitrogen and oxygen atoms in total. The molecule has 2 heterocycles. The SMILES string of the molecule is CC1CN(C2CCC(=O)NC2=O)C(=O)O1. The number of piperidine rings is 1. The number of hydrogen-bond donors (Lipinski definition) is 1. The minimum atomic E-state index is -0.555. The van der Waals surface area contributed by atoms with Crippen LogP contribution in [0, 0.1) is 0 Å². The van der Waals surface area contributed by atoms with Crippen molar-refractivity contribution >= 4 is 17.9 Å². The van der Waals surface area contributed by atoms with Gasteiger partial charge in [-0.3, -0.25) is 19.8 Å². The molecule has 6 heteroatoms. The number of carbonyl (C=O) groups is 3. The van der Waals surface area contributed by atoms with Crippen molar-refractivity contribution in [3.63, 3.8) is 0 Å². The second-order valence-corrected chi connectivity index (χ2v) is 3.81. The zero-order valence-corrected chi connectivity index (χ0v) is 8.36. The summed E-state index contributed by atoms with van der Waals surface area (Å²) in [6, 6.07) is -0.555. The van der Waals surface area contributed by atoms with E-state index in [-0.39, 0.29) is 18.4 Å². The molecule has 0 aromatic carbocycles. The molecule has 2 saturated heterocycles. The van der Waals surface area contributed by atoms with Gasteiger partial charge in [0, 0.05) is 6.42 Å². The Hall–Kier alpha value is -1.59. The molecule has 3 amide bonds. The van der Waals surface area contributed by atoms with Gasteiger partial charge in [0.1, 0.15) is 12.1 Å². The highest BCUT2D eigenvalue weighted by molar-refractivity contribution is 6.01. The normalized spacial score (nSPS) is 31.5. The molecule has 0 aliphatic carbocycles. The summed E-state index contributed by atoms with van der Waals surface area (Å²) >= 11 is 0. The fourth-order valence-electron chi connectivity index (χ4n) is 1.86. The Labute approximate surface area is 86.6 Å². The van der Waals surface area contributed by atoms with E-state index in [1.165, 1.54) is 4.90 Å². The molecule has 0 spiro atoms. The Morgan fingerprint density at radius 2 is 2.13 bits per heavy atom. The second kappa shape index (κ2) is 3.52. The van der Waals surface area contributed by atoms with Gasteiger partial charge >= 0.3 is 6.09 Å². The Kier molecular flexibility index (Phi) is 2.34. The van der Waals surface area contributed by atoms with Gasteiger partial charge in [0.25, 0.3) is 0 Å². The van der Waals surface area contributed by atoms with Crippen molar-refractivity contribution in [1.82, 2.24) is 10.2 Å². The van der Waals surface area contributed by atoms with E-state index in [2.05, 4.69) is 5.32 Å². The lowest BCUT2D eigenvalue weighted by atomic mass is 10.0. The van der Waals surface area contributed by atoms with Gasteiger partial charge in [0.15, 0.2) is 0 Å². The number of rotatable bonds is 1. The lowest BCUT2D eigenvalue weighted by Gasteiger charge is -2.27. The minimum absolute atomic E-state index is 0.192. The molecule has 0 aromatic heterocycles. The summed E-state index contributed by atoms with van der Waals surface area (Å²) in [7, 11) is 0. The summed E-state index contributed by atoms with van der Waals surface area (Å²) in [4.78, 5) is 35.1. The van der Waals surface area contributed by atoms with Gasteiger partial charge in [-0.25, -0.2) is 4.79 Å². The van der Waals surface area contributed by atoms with Crippen molar-refractivity contribution in [2.75, 3.05) is 6.54 Å². The van der Waals surface area contributed by atoms with Crippen LogP contribution in [0.4, 0.5) is 4.79 Å². The van der Waals surface area contributed by atoms with Crippen LogP contribution in [0.1, 0.15) is 19.8 Å². The van der Waals surface area contributed by atoms with E-state index in [0.717, 1.165) is 0 Å². The maximum Gasteiger partial charge on any atom is 0.410 e. The van der Waals surface area contributed by atoms with Crippen molar-refractivity contribution < 1.29 is 19.1 Å². The number of nitrogens with one attached hydrogen (secondary N) is 1. The standard InChI is InChI=1S/C9H12N2O4/c1-5-4-11(9(14)15-5)6-2-3-7(12)10-8(6)13/h5-6H,2-4H2,1H3,(H,10,12,13). The maximum atomic E-state index is 11.5. The van der Waals surface area contributed by atoms with Crippen LogP contribution in [0.5, 0.6) is 0 Å². The predicted molar refractivity (Wildman–Crippen MR) is 48.8 cm³/mol. The van der Waals surface area contributed by atoms with E-state index in [0.29, 0.717) is 13.0 Å². The molecule has 2 atom stereocenters. The second-order valence-electron chi connectivity index (χ2n) is 3.81. The molecule has 82 valence electrons. The number of ether oxygens (including phenoxy) is 1. The molecule has 2 aliphatic heterocycles. The van der Waals surface area contributed by atoms with E-state index in [1.54, 1.807) is 6.92 Å². The third-order valence-corrected chi connectivity index (χ3v) is 2.58. The molecule has 2 rings (SSSR count). The van der Waals surface area contributed by atoms with Crippen LogP contribution in [0.15, 0.2) is 0 Å². The van der Waals surface area contributed by atoms with Crippen molar-refractivity contribution in [2.24, 2.45) is 0 Å². The Morgan fingerprint density at radius 3 is 2.67 bits per heavy atom. The quantitative estimate of drug-likeness (QED) is 0.602. The lowest BCUT2D eigenvalue weighted by molar-refractivity contribution is -0.136. The molecule has 0 aromatic rings. The molecule has 15 heavy (non-hydrogen) atoms. The van der Waals surface area contributed by atoms with Crippen molar-refractivity contribution in [3.8, 4) is 0 Å². The topological polar surface area (TPSA) is 75.7 Å². The fraction of sp³-hybridized carbons (Fsp3) is 0.667. The average molecular weight is 212 g/mol. The summed E-state index contributed by atoms with van der Waals surface area (Å²) in [5.74, 6) is -0.686. The minimum Gasteiger partial charge on any atom is -0.444 e. The van der Waals surface area contributed by atoms with E-state index in [1.807, 2.05) is 0 Å². The third kappa shape index (κ3) is 1.79. The van der Waals surface area contributed by atoms with Gasteiger partial charge in [-0.05, 0) is 13.3 Å². The lowest BCUT2D eigenvalue weighted by Crippen LogP contribution is -2.52. The number of amides is 3. The Balaban J connectivity index is 2.07. The maximum absolute atomic E-state index is 11.5. The van der Waals surface area contributed by atoms with Gasteiger partial charge in [-0.15, -0.1) is 0 Å². The Bertz CT molecular complexity index is 328. The monoisotopic (exact) mass is 212 g/mol. The largest absolute Gasteiger partial charge is 0.444 e. The van der Waals surface area contributed by atoms with Gasteiger partial charge in [-0.2, -0.15) is 0 Å². The highest BCUT2D eigenvalue weighted by Gasteiger charge is 2.39. The van der Waals surface area contributed by atoms with Crippen molar-refractivity contribution in [2.45, 2.75) is 31.9 Å². The third-order valence-electron chi connectivity index (χ3n) is 2.58. The van der Waals surface area contributed by atoms with Crippen molar-refractivity contribution in [1.29, 1.82) is 0 Å². The van der Waals surface area contributed by atoms with Gasteiger partial charge in [0.05, 0.1) is 6.54 Å². The van der Waals surface area contributed by atoms with Gasteiger partial charge < -0.3 is 4.74 Å². The molecule has 2 fully saturated rings. The van der Waals surface area contributed by atoms with Crippen LogP contribution in [0.3, 0.4) is 0 Å². The number of imide groups is 1. The van der Waals surface area contributed by atoms with Crippen LogP contribution in [-0.2, 0) is 14.3 Å². The summed E-state index contributed by atoms with van der Waals surface area (Å²) in [5.41, 5.74) is 0. The number of carbonyl (C=O) groups excluding carboxylic acids is 3. The fourth-order valence-corrected chi connectivity index (χ4v) is 1.86. The van der Waals surface area contributed by atoms with E-state index < -0.39 is 18.0 Å². The van der Waals surface area contributed by atoms with Crippen LogP contribution < -0.4 is 5.32 Å². The van der Waals surface area contributed by atoms with Crippen LogP contribution in [0.25, 0.3) is 0 Å². The van der Waals surface area contributed by atoms with Crippen molar-refractivity contribution in [3.05, 3.63) is 0 Å². The number of hydrogen-bond acceptors (Lipinski definition) is 4. The van der Waals surface area contributed by atoms with E-state index >= 15 is 0 Å². The molecular weight excluding hydrogens is 200 g/mol. The molecule has 1 N–H and O–H groups in total. The van der Waals surface area contributed by atoms with Crippen LogP contribution >= 0.6 is 0 Å². The number of cyclic esters (lactones) is 1. The molecular formula is C9H12N2O4. The molecule has 0 bridgehead atoms. The summed E-state index contributed by atoms with van der Waals surface area (Å²) < 4.78 is 4.92. The van der Waals surface area contributed by atoms with Crippen LogP contribution in [0.2, 0.25) is 0 Å². The first kappa shape index (κ1) is 9.95. The smallest absolute Gasteiger partial charge is 0.410 e. The molecule has 0 saturated carbocycles. The highest BCUT2D eigenvalue weighted by atomic mass is 16.6. The summed E-state index contributed by atoms with van der Waals surface area (Å²) in [6.45, 7) is 2.18. The van der Waals surface area contributed by atoms with Gasteiger partial charge in [0.2, 0.25) is 11.8 Å². The molecule has 0 radical (unpaired) electrons. The summed E-state index contributed by atoms with van der Waals surface area (Å²) in [6.07, 6.45) is -0.0129. The van der Waals surface area contributed by atoms with Gasteiger partial charge in [-0.1, -0.05) is 0 Å². The van der Waals surface area contributed by atoms with E-state index in [4.69, 9.17) is 4.74 Å². The molecule has 2 unspecified atom stereocenters. The first-order valence-electron chi connectivity index (χ1n) is 4.89. The van der Waals surface area contributed by atoms with E-state index in [9.17, 15) is 14.4 Å². The summed E-state index contributed by atoms with van der Waals surface area (Å²) in [5, 5.41) is 2.21. The zero-order chi connectivity index (χ0) is 11.0.